The van der Waals surface area contributed by atoms with Gasteiger partial charge in [0, 0.05) is 17.8 Å². The molecule has 0 amide bonds. The molecule has 0 aromatic rings. The van der Waals surface area contributed by atoms with Crippen molar-refractivity contribution in [3.63, 3.8) is 0 Å². The van der Waals surface area contributed by atoms with Crippen molar-refractivity contribution in [3.05, 3.63) is 12.2 Å². The van der Waals surface area contributed by atoms with E-state index in [4.69, 9.17) is 16.3 Å². The highest BCUT2D eigenvalue weighted by molar-refractivity contribution is 6.21. The summed E-state index contributed by atoms with van der Waals surface area (Å²) in [5, 5.41) is 0.0994. The monoisotopic (exact) mass is 252 g/mol. The Morgan fingerprint density at radius 3 is 3.00 bits per heavy atom. The molecular weight excluding hydrogens is 236 g/mol. The third-order valence-electron chi connectivity index (χ3n) is 5.75. The average Bonchev–Trinajstić information content (AvgIpc) is 2.60. The first-order chi connectivity index (χ1) is 7.97. The van der Waals surface area contributed by atoms with Crippen LogP contribution in [-0.2, 0) is 9.53 Å². The van der Waals surface area contributed by atoms with E-state index in [0.29, 0.717) is 11.8 Å². The van der Waals surface area contributed by atoms with Gasteiger partial charge in [0.1, 0.15) is 0 Å². The molecule has 3 heteroatoms. The summed E-state index contributed by atoms with van der Waals surface area (Å²) >= 11 is 6.56. The number of halogens is 1. The fourth-order valence-electron chi connectivity index (χ4n) is 5.12. The van der Waals surface area contributed by atoms with Crippen molar-refractivity contribution < 1.29 is 9.53 Å². The van der Waals surface area contributed by atoms with Crippen LogP contribution in [0.25, 0.3) is 0 Å². The Balaban J connectivity index is 1.88. The van der Waals surface area contributed by atoms with Gasteiger partial charge in [0.2, 0.25) is 0 Å². The molecule has 0 N–H and O–H groups in total. The van der Waals surface area contributed by atoms with Crippen molar-refractivity contribution in [1.29, 1.82) is 0 Å². The molecule has 0 aromatic carbocycles. The summed E-state index contributed by atoms with van der Waals surface area (Å²) < 4.78 is 6.22. The van der Waals surface area contributed by atoms with E-state index < -0.39 is 0 Å². The predicted octanol–water partition coefficient (Wildman–Crippen LogP) is 2.55. The maximum atomic E-state index is 11.9. The fraction of sp³-hybridized carbons (Fsp3) is 0.786. The van der Waals surface area contributed by atoms with Crippen LogP contribution in [0.5, 0.6) is 0 Å². The van der Waals surface area contributed by atoms with Crippen LogP contribution in [0.3, 0.4) is 0 Å². The smallest absolute Gasteiger partial charge is 0.158 e. The Labute approximate surface area is 106 Å². The van der Waals surface area contributed by atoms with Crippen molar-refractivity contribution in [3.8, 4) is 0 Å². The fourth-order valence-corrected chi connectivity index (χ4v) is 5.68. The van der Waals surface area contributed by atoms with Crippen LogP contribution in [0.1, 0.15) is 26.7 Å². The van der Waals surface area contributed by atoms with Gasteiger partial charge < -0.3 is 4.74 Å². The number of hydrogen-bond acceptors (Lipinski definition) is 2. The second kappa shape index (κ2) is 2.80. The first-order valence-corrected chi connectivity index (χ1v) is 6.95. The van der Waals surface area contributed by atoms with E-state index in [1.165, 1.54) is 0 Å². The molecule has 4 fully saturated rings. The zero-order valence-corrected chi connectivity index (χ0v) is 10.9. The Morgan fingerprint density at radius 1 is 1.53 bits per heavy atom. The van der Waals surface area contributed by atoms with Gasteiger partial charge in [-0.2, -0.15) is 0 Å². The lowest BCUT2D eigenvalue weighted by atomic mass is 9.58. The summed E-state index contributed by atoms with van der Waals surface area (Å²) in [5.74, 6) is 1.08. The Kier molecular flexibility index (Phi) is 1.74. The zero-order valence-electron chi connectivity index (χ0n) is 10.2. The second-order valence-corrected chi connectivity index (χ2v) is 7.11. The first-order valence-electron chi connectivity index (χ1n) is 6.52. The van der Waals surface area contributed by atoms with Gasteiger partial charge in [0.05, 0.1) is 17.1 Å². The predicted molar refractivity (Wildman–Crippen MR) is 64.9 cm³/mol. The van der Waals surface area contributed by atoms with Crippen molar-refractivity contribution in [2.24, 2.45) is 23.2 Å². The van der Waals surface area contributed by atoms with Gasteiger partial charge in [0.15, 0.2) is 5.78 Å². The molecule has 0 aromatic heterocycles. The molecule has 3 aliphatic carbocycles. The molecule has 4 bridgehead atoms. The summed E-state index contributed by atoms with van der Waals surface area (Å²) in [5.41, 5.74) is 0.152. The van der Waals surface area contributed by atoms with Crippen LogP contribution >= 0.6 is 11.6 Å². The molecule has 92 valence electrons. The van der Waals surface area contributed by atoms with E-state index in [1.54, 1.807) is 6.08 Å². The largest absolute Gasteiger partial charge is 0.370 e. The van der Waals surface area contributed by atoms with E-state index in [-0.39, 0.29) is 34.2 Å². The molecule has 2 aliphatic heterocycles. The third-order valence-corrected chi connectivity index (χ3v) is 6.31. The normalized spacial score (nSPS) is 63.2. The minimum Gasteiger partial charge on any atom is -0.370 e. The number of alkyl halides is 1. The molecular formula is C14H17ClO2. The Hall–Kier alpha value is -0.340. The SMILES string of the molecule is C[C@@H]1C(=O)C=CC23CC4[C@H](Cl)C(OC4(C)C2)C13. The number of allylic oxidation sites excluding steroid dienone is 2. The lowest BCUT2D eigenvalue weighted by Gasteiger charge is -2.50. The lowest BCUT2D eigenvalue weighted by molar-refractivity contribution is -0.148. The minimum absolute atomic E-state index is 0.0436. The zero-order chi connectivity index (χ0) is 12.0. The van der Waals surface area contributed by atoms with Crippen LogP contribution in [0.2, 0.25) is 0 Å². The van der Waals surface area contributed by atoms with Crippen molar-refractivity contribution in [2.45, 2.75) is 43.8 Å². The number of carbonyl (C=O) groups is 1. The van der Waals surface area contributed by atoms with E-state index >= 15 is 0 Å². The molecule has 0 radical (unpaired) electrons. The van der Waals surface area contributed by atoms with E-state index in [1.807, 2.05) is 6.92 Å². The van der Waals surface area contributed by atoms with E-state index in [9.17, 15) is 4.79 Å². The van der Waals surface area contributed by atoms with Crippen LogP contribution in [-0.4, -0.2) is 22.9 Å². The highest BCUT2D eigenvalue weighted by atomic mass is 35.5. The van der Waals surface area contributed by atoms with Gasteiger partial charge in [-0.05, 0) is 31.3 Å². The molecule has 1 spiro atoms. The average molecular weight is 253 g/mol. The minimum atomic E-state index is -0.0436. The van der Waals surface area contributed by atoms with Gasteiger partial charge >= 0.3 is 0 Å². The maximum Gasteiger partial charge on any atom is 0.158 e. The number of ketones is 1. The van der Waals surface area contributed by atoms with Crippen LogP contribution in [0.4, 0.5) is 0 Å². The second-order valence-electron chi connectivity index (χ2n) is 6.61. The summed E-state index contributed by atoms with van der Waals surface area (Å²) in [6, 6.07) is 0. The van der Waals surface area contributed by atoms with Crippen LogP contribution in [0.15, 0.2) is 12.2 Å². The number of carbonyl (C=O) groups excluding carboxylic acids is 1. The van der Waals surface area contributed by atoms with Gasteiger partial charge in [-0.1, -0.05) is 13.0 Å². The quantitative estimate of drug-likeness (QED) is 0.620. The summed E-state index contributed by atoms with van der Waals surface area (Å²) in [6.07, 6.45) is 6.21. The highest BCUT2D eigenvalue weighted by Crippen LogP contribution is 2.69. The van der Waals surface area contributed by atoms with Gasteiger partial charge in [-0.3, -0.25) is 4.79 Å². The van der Waals surface area contributed by atoms with E-state index in [2.05, 4.69) is 13.0 Å². The van der Waals surface area contributed by atoms with Crippen molar-refractivity contribution in [1.82, 2.24) is 0 Å². The Bertz CT molecular complexity index is 446. The molecule has 2 saturated heterocycles. The molecule has 2 nitrogen and oxygen atoms in total. The maximum absolute atomic E-state index is 11.9. The standard InChI is InChI=1S/C14H17ClO2/c1-7-9(16)3-4-14-5-8-11(15)12(10(7)14)17-13(8,2)6-14/h3-4,7-8,10-12H,5-6H2,1-2H3/t7-,8?,10?,11+,12?,13?,14?/m1/s1. The molecule has 17 heavy (non-hydrogen) atoms. The summed E-state index contributed by atoms with van der Waals surface area (Å²) in [7, 11) is 0. The number of hydrogen-bond donors (Lipinski definition) is 0. The lowest BCUT2D eigenvalue weighted by Crippen LogP contribution is -2.53. The van der Waals surface area contributed by atoms with Crippen molar-refractivity contribution >= 4 is 17.4 Å². The third kappa shape index (κ3) is 1.01. The topological polar surface area (TPSA) is 26.3 Å². The molecule has 5 rings (SSSR count). The highest BCUT2D eigenvalue weighted by Gasteiger charge is 2.72. The number of rotatable bonds is 0. The van der Waals surface area contributed by atoms with Crippen LogP contribution in [0, 0.1) is 23.2 Å². The van der Waals surface area contributed by atoms with Gasteiger partial charge in [0.25, 0.3) is 0 Å². The summed E-state index contributed by atoms with van der Waals surface area (Å²) in [4.78, 5) is 11.9. The molecule has 2 heterocycles. The summed E-state index contributed by atoms with van der Waals surface area (Å²) in [6.45, 7) is 4.24. The van der Waals surface area contributed by atoms with E-state index in [0.717, 1.165) is 12.8 Å². The molecule has 7 atom stereocenters. The first kappa shape index (κ1) is 10.6. The van der Waals surface area contributed by atoms with Gasteiger partial charge in [-0.25, -0.2) is 0 Å². The van der Waals surface area contributed by atoms with Crippen molar-refractivity contribution in [2.75, 3.05) is 0 Å². The molecule has 5 aliphatic rings. The number of ether oxygens (including phenoxy) is 1. The van der Waals surface area contributed by atoms with Crippen LogP contribution < -0.4 is 0 Å². The van der Waals surface area contributed by atoms with Gasteiger partial charge in [-0.15, -0.1) is 11.6 Å². The molecule has 5 unspecified atom stereocenters. The molecule has 2 saturated carbocycles. The Morgan fingerprint density at radius 2 is 2.29 bits per heavy atom.